The number of nitrogens with two attached hydrogens (primary N) is 1. The molecule has 2 aromatic heterocycles. The van der Waals surface area contributed by atoms with Gasteiger partial charge >= 0.3 is 6.09 Å². The number of hydrogen-bond donors (Lipinski definition) is 1. The Bertz CT molecular complexity index is 792. The van der Waals surface area contributed by atoms with E-state index in [0.717, 1.165) is 34.7 Å². The molecule has 8 heteroatoms. The lowest BCUT2D eigenvalue weighted by molar-refractivity contribution is 0.160. The van der Waals surface area contributed by atoms with Crippen LogP contribution >= 0.6 is 23.1 Å². The van der Waals surface area contributed by atoms with Gasteiger partial charge in [-0.05, 0) is 30.7 Å². The van der Waals surface area contributed by atoms with Crippen molar-refractivity contribution in [3.05, 3.63) is 10.4 Å². The summed E-state index contributed by atoms with van der Waals surface area (Å²) in [4.78, 5) is 24.8. The van der Waals surface area contributed by atoms with Gasteiger partial charge in [0, 0.05) is 17.2 Å². The third-order valence-electron chi connectivity index (χ3n) is 4.60. The molecule has 3 heterocycles. The Labute approximate surface area is 148 Å². The molecule has 0 aromatic carbocycles. The number of rotatable bonds is 4. The molecule has 2 aliphatic rings. The molecule has 2 N–H and O–H groups in total. The second-order valence-electron chi connectivity index (χ2n) is 6.37. The Morgan fingerprint density at radius 3 is 3.12 bits per heavy atom. The first-order valence-electron chi connectivity index (χ1n) is 8.24. The Balaban J connectivity index is 1.51. The van der Waals surface area contributed by atoms with Crippen LogP contribution in [0.3, 0.4) is 0 Å². The molecule has 0 spiro atoms. The van der Waals surface area contributed by atoms with Crippen molar-refractivity contribution >= 4 is 45.2 Å². The first-order chi connectivity index (χ1) is 11.6. The maximum atomic E-state index is 11.4. The highest BCUT2D eigenvalue weighted by atomic mass is 32.2. The molecule has 0 saturated carbocycles. The van der Waals surface area contributed by atoms with Crippen LogP contribution in [0.2, 0.25) is 0 Å². The molecule has 128 valence electrons. The van der Waals surface area contributed by atoms with Gasteiger partial charge in [-0.1, -0.05) is 18.7 Å². The Hall–Kier alpha value is -1.54. The van der Waals surface area contributed by atoms with E-state index in [-0.39, 0.29) is 6.09 Å². The maximum Gasteiger partial charge on any atom is 0.409 e. The van der Waals surface area contributed by atoms with Crippen LogP contribution in [0.15, 0.2) is 5.16 Å². The first kappa shape index (κ1) is 16.0. The summed E-state index contributed by atoms with van der Waals surface area (Å²) < 4.78 is 4.93. The number of cyclic esters (lactones) is 1. The molecule has 0 radical (unpaired) electrons. The summed E-state index contributed by atoms with van der Waals surface area (Å²) in [5.41, 5.74) is 7.60. The lowest BCUT2D eigenvalue weighted by Crippen LogP contribution is -2.26. The molecule has 4 rings (SSSR count). The van der Waals surface area contributed by atoms with E-state index in [2.05, 4.69) is 11.9 Å². The van der Waals surface area contributed by atoms with Crippen LogP contribution < -0.4 is 5.73 Å². The van der Waals surface area contributed by atoms with Gasteiger partial charge in [0.1, 0.15) is 17.3 Å². The third-order valence-corrected chi connectivity index (χ3v) is 6.58. The summed E-state index contributed by atoms with van der Waals surface area (Å²) >= 11 is 3.30. The van der Waals surface area contributed by atoms with E-state index in [1.54, 1.807) is 16.2 Å². The van der Waals surface area contributed by atoms with Gasteiger partial charge in [-0.15, -0.1) is 11.3 Å². The molecular formula is C16H20N4O2S2. The molecule has 1 fully saturated rings. The number of thiophene rings is 1. The molecule has 0 unspecified atom stereocenters. The topological polar surface area (TPSA) is 81.3 Å². The normalized spacial score (nSPS) is 20.5. The fourth-order valence-electron chi connectivity index (χ4n) is 3.29. The van der Waals surface area contributed by atoms with E-state index in [1.807, 2.05) is 0 Å². The molecule has 2 aromatic rings. The summed E-state index contributed by atoms with van der Waals surface area (Å²) in [7, 11) is 0. The average Bonchev–Trinajstić information content (AvgIpc) is 3.10. The fourth-order valence-corrected chi connectivity index (χ4v) is 5.55. The Morgan fingerprint density at radius 2 is 2.33 bits per heavy atom. The number of thioether (sulfide) groups is 1. The number of amides is 1. The van der Waals surface area contributed by atoms with Crippen LogP contribution in [0.4, 0.5) is 10.6 Å². The number of anilines is 1. The summed E-state index contributed by atoms with van der Waals surface area (Å²) in [6.07, 6.45) is 3.18. The van der Waals surface area contributed by atoms with Crippen molar-refractivity contribution in [3.63, 3.8) is 0 Å². The lowest BCUT2D eigenvalue weighted by Gasteiger charge is -2.17. The smallest absolute Gasteiger partial charge is 0.409 e. The van der Waals surface area contributed by atoms with Crippen molar-refractivity contribution < 1.29 is 9.53 Å². The Kier molecular flexibility index (Phi) is 4.26. The molecular weight excluding hydrogens is 344 g/mol. The van der Waals surface area contributed by atoms with Crippen LogP contribution in [0.25, 0.3) is 10.2 Å². The van der Waals surface area contributed by atoms with Gasteiger partial charge in [0.2, 0.25) is 0 Å². The molecule has 0 bridgehead atoms. The predicted octanol–water partition coefficient (Wildman–Crippen LogP) is 2.94. The van der Waals surface area contributed by atoms with Gasteiger partial charge in [-0.25, -0.2) is 14.8 Å². The highest BCUT2D eigenvalue weighted by Gasteiger charge is 2.24. The summed E-state index contributed by atoms with van der Waals surface area (Å²) in [5, 5.41) is 1.76. The number of ether oxygens (including phenoxy) is 1. The summed E-state index contributed by atoms with van der Waals surface area (Å²) in [5.74, 6) is 2.06. The number of hydrogen-bond acceptors (Lipinski definition) is 7. The van der Waals surface area contributed by atoms with Crippen LogP contribution in [0, 0.1) is 5.92 Å². The summed E-state index contributed by atoms with van der Waals surface area (Å²) in [6, 6.07) is 0. The van der Waals surface area contributed by atoms with Crippen molar-refractivity contribution in [2.45, 2.75) is 31.3 Å². The van der Waals surface area contributed by atoms with Crippen LogP contribution in [0.5, 0.6) is 0 Å². The Morgan fingerprint density at radius 1 is 1.46 bits per heavy atom. The largest absolute Gasteiger partial charge is 0.448 e. The average molecular weight is 364 g/mol. The second-order valence-corrected chi connectivity index (χ2v) is 8.52. The van der Waals surface area contributed by atoms with E-state index in [9.17, 15) is 4.79 Å². The van der Waals surface area contributed by atoms with Crippen molar-refractivity contribution in [1.82, 2.24) is 14.9 Å². The van der Waals surface area contributed by atoms with E-state index in [0.29, 0.717) is 30.7 Å². The van der Waals surface area contributed by atoms with Crippen molar-refractivity contribution in [1.29, 1.82) is 0 Å². The van der Waals surface area contributed by atoms with Gasteiger partial charge in [0.15, 0.2) is 5.16 Å². The van der Waals surface area contributed by atoms with E-state index in [1.165, 1.54) is 28.6 Å². The highest BCUT2D eigenvalue weighted by molar-refractivity contribution is 7.99. The SMILES string of the molecule is C[C@H]1CCc2c(sc3nc(SCCN4CCOC4=O)nc(N)c23)C1. The fraction of sp³-hybridized carbons (Fsp3) is 0.562. The molecule has 1 aliphatic heterocycles. The number of aromatic nitrogens is 2. The monoisotopic (exact) mass is 364 g/mol. The van der Waals surface area contributed by atoms with Crippen LogP contribution in [-0.4, -0.2) is 46.4 Å². The number of fused-ring (bicyclic) bond motifs is 3. The van der Waals surface area contributed by atoms with Crippen LogP contribution in [0.1, 0.15) is 23.8 Å². The molecule has 24 heavy (non-hydrogen) atoms. The van der Waals surface area contributed by atoms with Gasteiger partial charge in [-0.3, -0.25) is 0 Å². The van der Waals surface area contributed by atoms with Crippen molar-refractivity contribution in [2.75, 3.05) is 31.2 Å². The zero-order chi connectivity index (χ0) is 16.7. The maximum absolute atomic E-state index is 11.4. The lowest BCUT2D eigenvalue weighted by atomic mass is 9.89. The number of nitrogen functional groups attached to an aromatic ring is 1. The molecule has 1 saturated heterocycles. The van der Waals surface area contributed by atoms with Gasteiger partial charge < -0.3 is 15.4 Å². The summed E-state index contributed by atoms with van der Waals surface area (Å²) in [6.45, 7) is 4.09. The first-order valence-corrected chi connectivity index (χ1v) is 10.0. The third kappa shape index (κ3) is 2.93. The number of carbonyl (C=O) groups excluding carboxylic acids is 1. The molecule has 1 atom stereocenters. The quantitative estimate of drug-likeness (QED) is 0.663. The minimum Gasteiger partial charge on any atom is -0.448 e. The van der Waals surface area contributed by atoms with Crippen molar-refractivity contribution in [3.8, 4) is 0 Å². The van der Waals surface area contributed by atoms with Gasteiger partial charge in [0.25, 0.3) is 0 Å². The second kappa shape index (κ2) is 6.40. The molecule has 1 aliphatic carbocycles. The van der Waals surface area contributed by atoms with Crippen molar-refractivity contribution in [2.24, 2.45) is 5.92 Å². The van der Waals surface area contributed by atoms with Gasteiger partial charge in [0.05, 0.1) is 11.9 Å². The van der Waals surface area contributed by atoms with Crippen LogP contribution in [-0.2, 0) is 17.6 Å². The highest BCUT2D eigenvalue weighted by Crippen LogP contribution is 2.39. The minimum absolute atomic E-state index is 0.230. The standard InChI is InChI=1S/C16H20N4O2S2/c1-9-2-3-10-11(8-9)24-14-12(10)13(17)18-15(19-14)23-7-5-20-4-6-22-16(20)21/h9H,2-8H2,1H3,(H2,17,18,19)/t9-/m0/s1. The van der Waals surface area contributed by atoms with E-state index < -0.39 is 0 Å². The van der Waals surface area contributed by atoms with E-state index in [4.69, 9.17) is 15.5 Å². The van der Waals surface area contributed by atoms with Gasteiger partial charge in [-0.2, -0.15) is 0 Å². The number of nitrogens with zero attached hydrogens (tertiary/aromatic N) is 3. The minimum atomic E-state index is -0.230. The molecule has 1 amide bonds. The molecule has 6 nitrogen and oxygen atoms in total. The number of carbonyl (C=O) groups is 1. The van der Waals surface area contributed by atoms with E-state index >= 15 is 0 Å². The zero-order valence-corrected chi connectivity index (χ0v) is 15.2. The predicted molar refractivity (Wildman–Crippen MR) is 96.7 cm³/mol. The zero-order valence-electron chi connectivity index (χ0n) is 13.6. The number of aryl methyl sites for hydroxylation is 1.